The molecule has 0 radical (unpaired) electrons. The summed E-state index contributed by atoms with van der Waals surface area (Å²) < 4.78 is 18.5. The molecule has 2 amide bonds. The van der Waals surface area contributed by atoms with Gasteiger partial charge in [-0.15, -0.1) is 0 Å². The van der Waals surface area contributed by atoms with Crippen molar-refractivity contribution in [1.29, 1.82) is 0 Å². The standard InChI is InChI=1S/C22H24FN3O5/c1-15-14-16(5-10-19(15)26(29)30)21(27)25-11-3-4-20(25)22(28)24(2)12-13-31-18-8-6-17(23)7-9-18/h5-10,14,20H,3-4,11-13H2,1-2H3. The zero-order valence-corrected chi connectivity index (χ0v) is 17.4. The molecule has 3 rings (SSSR count). The van der Waals surface area contributed by atoms with E-state index in [4.69, 9.17) is 4.74 Å². The molecule has 0 bridgehead atoms. The number of nitro groups is 1. The Bertz CT molecular complexity index is 980. The van der Waals surface area contributed by atoms with Crippen LogP contribution in [-0.4, -0.2) is 59.3 Å². The Labute approximate surface area is 179 Å². The van der Waals surface area contributed by atoms with Gasteiger partial charge in [0, 0.05) is 30.8 Å². The van der Waals surface area contributed by atoms with E-state index >= 15 is 0 Å². The zero-order valence-electron chi connectivity index (χ0n) is 17.4. The number of likely N-dealkylation sites (tertiary alicyclic amines) is 1. The van der Waals surface area contributed by atoms with E-state index < -0.39 is 11.0 Å². The zero-order chi connectivity index (χ0) is 22.5. The Morgan fingerprint density at radius 3 is 2.61 bits per heavy atom. The number of hydrogen-bond acceptors (Lipinski definition) is 5. The second-order valence-corrected chi connectivity index (χ2v) is 7.48. The smallest absolute Gasteiger partial charge is 0.272 e. The number of carbonyl (C=O) groups is 2. The molecular formula is C22H24FN3O5. The molecule has 0 aliphatic carbocycles. The molecule has 1 aliphatic rings. The van der Waals surface area contributed by atoms with Crippen LogP contribution in [0, 0.1) is 22.9 Å². The molecule has 164 valence electrons. The second-order valence-electron chi connectivity index (χ2n) is 7.48. The van der Waals surface area contributed by atoms with Crippen LogP contribution in [-0.2, 0) is 4.79 Å². The molecule has 1 unspecified atom stereocenters. The Morgan fingerprint density at radius 2 is 1.97 bits per heavy atom. The summed E-state index contributed by atoms with van der Waals surface area (Å²) in [6.07, 6.45) is 1.26. The van der Waals surface area contributed by atoms with Gasteiger partial charge in [-0.25, -0.2) is 4.39 Å². The van der Waals surface area contributed by atoms with Gasteiger partial charge in [-0.2, -0.15) is 0 Å². The highest BCUT2D eigenvalue weighted by atomic mass is 19.1. The molecule has 9 heteroatoms. The first-order chi connectivity index (χ1) is 14.8. The Hall–Kier alpha value is -3.49. The lowest BCUT2D eigenvalue weighted by Gasteiger charge is -2.28. The second kappa shape index (κ2) is 9.55. The summed E-state index contributed by atoms with van der Waals surface area (Å²) in [5.41, 5.74) is 0.671. The molecule has 0 spiro atoms. The molecule has 0 N–H and O–H groups in total. The van der Waals surface area contributed by atoms with E-state index in [1.165, 1.54) is 52.3 Å². The highest BCUT2D eigenvalue weighted by Crippen LogP contribution is 2.24. The molecular weight excluding hydrogens is 405 g/mol. The number of aryl methyl sites for hydroxylation is 1. The van der Waals surface area contributed by atoms with Crippen molar-refractivity contribution in [2.45, 2.75) is 25.8 Å². The Kier molecular flexibility index (Phi) is 6.84. The average molecular weight is 429 g/mol. The minimum Gasteiger partial charge on any atom is -0.492 e. The van der Waals surface area contributed by atoms with Crippen molar-refractivity contribution in [3.8, 4) is 5.75 Å². The number of hydrogen-bond donors (Lipinski definition) is 0. The van der Waals surface area contributed by atoms with Gasteiger partial charge in [0.05, 0.1) is 11.5 Å². The van der Waals surface area contributed by atoms with Gasteiger partial charge in [0.15, 0.2) is 0 Å². The number of carbonyl (C=O) groups excluding carboxylic acids is 2. The summed E-state index contributed by atoms with van der Waals surface area (Å²) >= 11 is 0. The Balaban J connectivity index is 1.61. The van der Waals surface area contributed by atoms with Crippen LogP contribution in [0.25, 0.3) is 0 Å². The van der Waals surface area contributed by atoms with Gasteiger partial charge >= 0.3 is 0 Å². The molecule has 1 atom stereocenters. The molecule has 1 fully saturated rings. The van der Waals surface area contributed by atoms with Crippen LogP contribution >= 0.6 is 0 Å². The van der Waals surface area contributed by atoms with Crippen LogP contribution in [0.4, 0.5) is 10.1 Å². The fourth-order valence-electron chi connectivity index (χ4n) is 3.62. The largest absolute Gasteiger partial charge is 0.492 e. The van der Waals surface area contributed by atoms with E-state index in [0.717, 1.165) is 0 Å². The minimum absolute atomic E-state index is 0.0495. The number of benzene rings is 2. The van der Waals surface area contributed by atoms with Crippen molar-refractivity contribution in [1.82, 2.24) is 9.80 Å². The Morgan fingerprint density at radius 1 is 1.26 bits per heavy atom. The SMILES string of the molecule is Cc1cc(C(=O)N2CCCC2C(=O)N(C)CCOc2ccc(F)cc2)ccc1[N+](=O)[O-]. The number of ether oxygens (including phenoxy) is 1. The number of halogens is 1. The lowest BCUT2D eigenvalue weighted by atomic mass is 10.1. The molecule has 0 saturated carbocycles. The number of likely N-dealkylation sites (N-methyl/N-ethyl adjacent to an activating group) is 1. The van der Waals surface area contributed by atoms with E-state index in [1.807, 2.05) is 0 Å². The van der Waals surface area contributed by atoms with E-state index in [0.29, 0.717) is 42.8 Å². The monoisotopic (exact) mass is 429 g/mol. The summed E-state index contributed by atoms with van der Waals surface area (Å²) in [6.45, 7) is 2.57. The average Bonchev–Trinajstić information content (AvgIpc) is 3.23. The van der Waals surface area contributed by atoms with Crippen LogP contribution in [0.1, 0.15) is 28.8 Å². The molecule has 2 aromatic rings. The van der Waals surface area contributed by atoms with Crippen molar-refractivity contribution < 1.29 is 23.6 Å². The van der Waals surface area contributed by atoms with Gasteiger partial charge in [0.2, 0.25) is 5.91 Å². The number of nitro benzene ring substituents is 1. The van der Waals surface area contributed by atoms with Crippen LogP contribution in [0.5, 0.6) is 5.75 Å². The quantitative estimate of drug-likeness (QED) is 0.498. The first-order valence-corrected chi connectivity index (χ1v) is 9.97. The van der Waals surface area contributed by atoms with Gasteiger partial charge in [0.25, 0.3) is 11.6 Å². The number of amides is 2. The van der Waals surface area contributed by atoms with Crippen LogP contribution in [0.15, 0.2) is 42.5 Å². The van der Waals surface area contributed by atoms with Crippen molar-refractivity contribution in [3.05, 3.63) is 69.5 Å². The van der Waals surface area contributed by atoms with Crippen molar-refractivity contribution in [3.63, 3.8) is 0 Å². The van der Waals surface area contributed by atoms with E-state index in [9.17, 15) is 24.1 Å². The van der Waals surface area contributed by atoms with Gasteiger partial charge in [-0.05, 0) is 56.2 Å². The molecule has 1 saturated heterocycles. The molecule has 1 aliphatic heterocycles. The first-order valence-electron chi connectivity index (χ1n) is 9.97. The highest BCUT2D eigenvalue weighted by Gasteiger charge is 2.36. The predicted octanol–water partition coefficient (Wildman–Crippen LogP) is 3.18. The molecule has 8 nitrogen and oxygen atoms in total. The lowest BCUT2D eigenvalue weighted by molar-refractivity contribution is -0.385. The number of nitrogens with zero attached hydrogens (tertiary/aromatic N) is 3. The molecule has 31 heavy (non-hydrogen) atoms. The minimum atomic E-state index is -0.584. The summed E-state index contributed by atoms with van der Waals surface area (Å²) in [4.78, 5) is 39.5. The summed E-state index contributed by atoms with van der Waals surface area (Å²) in [7, 11) is 1.65. The van der Waals surface area contributed by atoms with Gasteiger partial charge in [0.1, 0.15) is 24.2 Å². The van der Waals surface area contributed by atoms with Crippen LogP contribution in [0.3, 0.4) is 0 Å². The fourth-order valence-corrected chi connectivity index (χ4v) is 3.62. The topological polar surface area (TPSA) is 93.0 Å². The number of rotatable bonds is 7. The van der Waals surface area contributed by atoms with Crippen molar-refractivity contribution in [2.75, 3.05) is 26.7 Å². The predicted molar refractivity (Wildman–Crippen MR) is 111 cm³/mol. The maximum atomic E-state index is 13.0. The molecule has 2 aromatic carbocycles. The molecule has 0 aromatic heterocycles. The van der Waals surface area contributed by atoms with E-state index in [-0.39, 0.29) is 29.9 Å². The van der Waals surface area contributed by atoms with E-state index in [1.54, 1.807) is 14.0 Å². The van der Waals surface area contributed by atoms with Crippen LogP contribution in [0.2, 0.25) is 0 Å². The van der Waals surface area contributed by atoms with Crippen LogP contribution < -0.4 is 4.74 Å². The summed E-state index contributed by atoms with van der Waals surface area (Å²) in [5.74, 6) is -0.348. The third-order valence-electron chi connectivity index (χ3n) is 5.32. The van der Waals surface area contributed by atoms with E-state index in [2.05, 4.69) is 0 Å². The van der Waals surface area contributed by atoms with Gasteiger partial charge in [-0.3, -0.25) is 19.7 Å². The normalized spacial score (nSPS) is 15.6. The fraction of sp³-hybridized carbons (Fsp3) is 0.364. The van der Waals surface area contributed by atoms with Crippen molar-refractivity contribution in [2.24, 2.45) is 0 Å². The first kappa shape index (κ1) is 22.2. The van der Waals surface area contributed by atoms with Crippen molar-refractivity contribution >= 4 is 17.5 Å². The van der Waals surface area contributed by atoms with Gasteiger partial charge < -0.3 is 14.5 Å². The third-order valence-corrected chi connectivity index (χ3v) is 5.32. The van der Waals surface area contributed by atoms with Gasteiger partial charge in [-0.1, -0.05) is 0 Å². The maximum absolute atomic E-state index is 13.0. The lowest BCUT2D eigenvalue weighted by Crippen LogP contribution is -2.47. The maximum Gasteiger partial charge on any atom is 0.272 e. The highest BCUT2D eigenvalue weighted by molar-refractivity contribution is 5.98. The summed E-state index contributed by atoms with van der Waals surface area (Å²) in [5, 5.41) is 11.0. The third kappa shape index (κ3) is 5.17. The molecule has 1 heterocycles. The summed E-state index contributed by atoms with van der Waals surface area (Å²) in [6, 6.07) is 9.26.